The van der Waals surface area contributed by atoms with E-state index < -0.39 is 0 Å². The summed E-state index contributed by atoms with van der Waals surface area (Å²) in [6, 6.07) is 13.7. The Morgan fingerprint density at radius 2 is 2.09 bits per heavy atom. The minimum Gasteiger partial charge on any atom is -0.399 e. The molecule has 3 rings (SSSR count). The van der Waals surface area contributed by atoms with Crippen LogP contribution in [0.4, 0.5) is 17.1 Å². The molecule has 1 heterocycles. The summed E-state index contributed by atoms with van der Waals surface area (Å²) >= 11 is 0. The SMILES string of the molecule is Nc1ccccc1CCC(=O)Nc1ccc2c(c1)CCCN2. The molecule has 114 valence electrons. The zero-order valence-electron chi connectivity index (χ0n) is 12.6. The van der Waals surface area contributed by atoms with E-state index in [1.54, 1.807) is 0 Å². The fourth-order valence-electron chi connectivity index (χ4n) is 2.79. The Kier molecular flexibility index (Phi) is 4.28. The highest BCUT2D eigenvalue weighted by molar-refractivity contribution is 5.91. The number of carbonyl (C=O) groups is 1. The van der Waals surface area contributed by atoms with Gasteiger partial charge in [-0.3, -0.25) is 4.79 Å². The van der Waals surface area contributed by atoms with Crippen molar-refractivity contribution in [3.63, 3.8) is 0 Å². The Balaban J connectivity index is 1.59. The molecular weight excluding hydrogens is 274 g/mol. The molecule has 0 fully saturated rings. The molecule has 0 aromatic heterocycles. The average Bonchev–Trinajstić information content (AvgIpc) is 2.54. The Morgan fingerprint density at radius 3 is 2.95 bits per heavy atom. The molecule has 1 amide bonds. The largest absolute Gasteiger partial charge is 0.399 e. The number of hydrogen-bond acceptors (Lipinski definition) is 3. The van der Waals surface area contributed by atoms with Gasteiger partial charge in [0.05, 0.1) is 0 Å². The lowest BCUT2D eigenvalue weighted by Crippen LogP contribution is -2.15. The van der Waals surface area contributed by atoms with Crippen LogP contribution in [-0.4, -0.2) is 12.5 Å². The van der Waals surface area contributed by atoms with Gasteiger partial charge in [0.25, 0.3) is 0 Å². The van der Waals surface area contributed by atoms with Gasteiger partial charge >= 0.3 is 0 Å². The molecule has 1 aliphatic rings. The molecule has 0 aliphatic carbocycles. The summed E-state index contributed by atoms with van der Waals surface area (Å²) in [5.74, 6) is 0.0203. The standard InChI is InChI=1S/C18H21N3O/c19-16-6-2-1-4-13(16)7-10-18(22)21-15-8-9-17-14(12-15)5-3-11-20-17/h1-2,4,6,8-9,12,20H,3,5,7,10-11,19H2,(H,21,22). The van der Waals surface area contributed by atoms with E-state index in [4.69, 9.17) is 5.73 Å². The smallest absolute Gasteiger partial charge is 0.224 e. The molecule has 0 saturated heterocycles. The monoisotopic (exact) mass is 295 g/mol. The van der Waals surface area contributed by atoms with Crippen molar-refractivity contribution in [3.05, 3.63) is 53.6 Å². The van der Waals surface area contributed by atoms with Gasteiger partial charge in [0, 0.05) is 30.0 Å². The van der Waals surface area contributed by atoms with Crippen molar-refractivity contribution in [2.45, 2.75) is 25.7 Å². The third kappa shape index (κ3) is 3.39. The van der Waals surface area contributed by atoms with E-state index >= 15 is 0 Å². The number of anilines is 3. The van der Waals surface area contributed by atoms with Crippen molar-refractivity contribution in [2.24, 2.45) is 0 Å². The molecule has 0 saturated carbocycles. The minimum absolute atomic E-state index is 0.0203. The summed E-state index contributed by atoms with van der Waals surface area (Å²) in [5.41, 5.74) is 11.0. The lowest BCUT2D eigenvalue weighted by atomic mass is 10.0. The first kappa shape index (κ1) is 14.4. The van der Waals surface area contributed by atoms with Crippen molar-refractivity contribution in [1.29, 1.82) is 0 Å². The van der Waals surface area contributed by atoms with E-state index in [-0.39, 0.29) is 5.91 Å². The summed E-state index contributed by atoms with van der Waals surface area (Å²) in [6.07, 6.45) is 3.29. The Morgan fingerprint density at radius 1 is 1.23 bits per heavy atom. The molecule has 0 radical (unpaired) electrons. The van der Waals surface area contributed by atoms with Crippen molar-refractivity contribution in [1.82, 2.24) is 0 Å². The normalized spacial score (nSPS) is 13.1. The summed E-state index contributed by atoms with van der Waals surface area (Å²) in [4.78, 5) is 12.1. The minimum atomic E-state index is 0.0203. The zero-order chi connectivity index (χ0) is 15.4. The maximum absolute atomic E-state index is 12.1. The van der Waals surface area contributed by atoms with Crippen LogP contribution in [0.3, 0.4) is 0 Å². The molecule has 2 aromatic rings. The molecule has 0 spiro atoms. The van der Waals surface area contributed by atoms with Gasteiger partial charge in [0.1, 0.15) is 0 Å². The van der Waals surface area contributed by atoms with Crippen molar-refractivity contribution in [2.75, 3.05) is 22.9 Å². The van der Waals surface area contributed by atoms with Crippen molar-refractivity contribution < 1.29 is 4.79 Å². The first-order valence-corrected chi connectivity index (χ1v) is 7.72. The summed E-state index contributed by atoms with van der Waals surface area (Å²) in [5, 5.41) is 6.34. The second kappa shape index (κ2) is 6.52. The lowest BCUT2D eigenvalue weighted by Gasteiger charge is -2.18. The number of amides is 1. The average molecular weight is 295 g/mol. The zero-order valence-corrected chi connectivity index (χ0v) is 12.6. The van der Waals surface area contributed by atoms with Crippen molar-refractivity contribution in [3.8, 4) is 0 Å². The second-order valence-electron chi connectivity index (χ2n) is 5.65. The fraction of sp³-hybridized carbons (Fsp3) is 0.278. The predicted molar refractivity (Wildman–Crippen MR) is 91.1 cm³/mol. The molecule has 0 unspecified atom stereocenters. The summed E-state index contributed by atoms with van der Waals surface area (Å²) in [7, 11) is 0. The molecule has 4 nitrogen and oxygen atoms in total. The number of fused-ring (bicyclic) bond motifs is 1. The number of nitrogen functional groups attached to an aromatic ring is 1. The van der Waals surface area contributed by atoms with Crippen LogP contribution in [0.25, 0.3) is 0 Å². The van der Waals surface area contributed by atoms with E-state index in [2.05, 4.69) is 16.7 Å². The van der Waals surface area contributed by atoms with Crippen LogP contribution >= 0.6 is 0 Å². The molecule has 22 heavy (non-hydrogen) atoms. The van der Waals surface area contributed by atoms with Crippen LogP contribution in [0.5, 0.6) is 0 Å². The third-order valence-electron chi connectivity index (χ3n) is 4.00. The second-order valence-corrected chi connectivity index (χ2v) is 5.65. The third-order valence-corrected chi connectivity index (χ3v) is 4.00. The molecule has 1 aliphatic heterocycles. The van der Waals surface area contributed by atoms with Crippen LogP contribution in [0.2, 0.25) is 0 Å². The van der Waals surface area contributed by atoms with Crippen LogP contribution in [0.1, 0.15) is 24.0 Å². The Labute approximate surface area is 130 Å². The Bertz CT molecular complexity index is 682. The van der Waals surface area contributed by atoms with Gasteiger partial charge < -0.3 is 16.4 Å². The van der Waals surface area contributed by atoms with Crippen LogP contribution in [-0.2, 0) is 17.6 Å². The predicted octanol–water partition coefficient (Wildman–Crippen LogP) is 3.20. The number of aryl methyl sites for hydroxylation is 2. The summed E-state index contributed by atoms with van der Waals surface area (Å²) < 4.78 is 0. The number of para-hydroxylation sites is 1. The van der Waals surface area contributed by atoms with E-state index in [0.717, 1.165) is 36.3 Å². The van der Waals surface area contributed by atoms with Gasteiger partial charge in [-0.2, -0.15) is 0 Å². The van der Waals surface area contributed by atoms with Crippen LogP contribution in [0, 0.1) is 0 Å². The quantitative estimate of drug-likeness (QED) is 0.759. The maximum atomic E-state index is 12.1. The molecule has 2 aromatic carbocycles. The van der Waals surface area contributed by atoms with E-state index in [9.17, 15) is 4.79 Å². The number of rotatable bonds is 4. The van der Waals surface area contributed by atoms with E-state index in [1.807, 2.05) is 36.4 Å². The topological polar surface area (TPSA) is 67.2 Å². The highest BCUT2D eigenvalue weighted by Gasteiger charge is 2.10. The lowest BCUT2D eigenvalue weighted by molar-refractivity contribution is -0.116. The molecule has 0 atom stereocenters. The highest BCUT2D eigenvalue weighted by Crippen LogP contribution is 2.25. The van der Waals surface area contributed by atoms with E-state index in [0.29, 0.717) is 12.8 Å². The molecular formula is C18H21N3O. The highest BCUT2D eigenvalue weighted by atomic mass is 16.1. The van der Waals surface area contributed by atoms with Gasteiger partial charge in [-0.15, -0.1) is 0 Å². The molecule has 4 N–H and O–H groups in total. The fourth-order valence-corrected chi connectivity index (χ4v) is 2.79. The van der Waals surface area contributed by atoms with Crippen molar-refractivity contribution >= 4 is 23.0 Å². The van der Waals surface area contributed by atoms with Gasteiger partial charge in [0.2, 0.25) is 5.91 Å². The molecule has 0 bridgehead atoms. The number of nitrogens with two attached hydrogens (primary N) is 1. The first-order valence-electron chi connectivity index (χ1n) is 7.72. The molecule has 4 heteroatoms. The van der Waals surface area contributed by atoms with Gasteiger partial charge in [-0.05, 0) is 54.7 Å². The van der Waals surface area contributed by atoms with Gasteiger partial charge in [-0.25, -0.2) is 0 Å². The number of carbonyl (C=O) groups excluding carboxylic acids is 1. The number of nitrogens with one attached hydrogen (secondary N) is 2. The van der Waals surface area contributed by atoms with Crippen LogP contribution < -0.4 is 16.4 Å². The van der Waals surface area contributed by atoms with Gasteiger partial charge in [-0.1, -0.05) is 18.2 Å². The van der Waals surface area contributed by atoms with E-state index in [1.165, 1.54) is 11.3 Å². The number of benzene rings is 2. The number of hydrogen-bond donors (Lipinski definition) is 3. The van der Waals surface area contributed by atoms with Gasteiger partial charge in [0.15, 0.2) is 0 Å². The first-order chi connectivity index (χ1) is 10.7. The van der Waals surface area contributed by atoms with Crippen LogP contribution in [0.15, 0.2) is 42.5 Å². The maximum Gasteiger partial charge on any atom is 0.224 e. The Hall–Kier alpha value is -2.49. The summed E-state index contributed by atoms with van der Waals surface area (Å²) in [6.45, 7) is 1.03.